The van der Waals surface area contributed by atoms with Crippen molar-refractivity contribution in [3.05, 3.63) is 71.8 Å². The Morgan fingerprint density at radius 1 is 0.415 bits per heavy atom. The largest absolute Gasteiger partial charge is 2.00 e. The number of aliphatic carboxylic acids is 2. The summed E-state index contributed by atoms with van der Waals surface area (Å²) >= 11 is 0. The molecule has 0 radical (unpaired) electrons. The molecule has 2 rings (SSSR count). The maximum Gasteiger partial charge on any atom is 2.00 e. The van der Waals surface area contributed by atoms with Gasteiger partial charge < -0.3 is 38.7 Å². The number of esters is 2. The van der Waals surface area contributed by atoms with Crippen molar-refractivity contribution in [2.45, 2.75) is 232 Å². The first-order valence-electron chi connectivity index (χ1n) is 25.2. The Labute approximate surface area is 434 Å². The first kappa shape index (κ1) is 62.8. The normalized spacial score (nSPS) is 11.7. The van der Waals surface area contributed by atoms with Crippen molar-refractivity contribution in [3.8, 4) is 0 Å². The van der Waals surface area contributed by atoms with E-state index in [1.165, 1.54) is 89.9 Å². The fraction of sp³-hybridized carbons (Fsp3) is 0.704. The molecule has 0 saturated carbocycles. The Kier molecular flexibility index (Phi) is 45.3. The summed E-state index contributed by atoms with van der Waals surface area (Å²) in [5, 5.41) is 20.7. The van der Waals surface area contributed by atoms with Crippen LogP contribution in [0.15, 0.2) is 60.7 Å². The van der Waals surface area contributed by atoms with E-state index in [1.807, 2.05) is 60.7 Å². The average Bonchev–Trinajstić information content (AvgIpc) is 3.27. The predicted molar refractivity (Wildman–Crippen MR) is 258 cm³/mol. The number of benzene rings is 2. The third-order valence-corrected chi connectivity index (χ3v) is 11.3. The van der Waals surface area contributed by atoms with Crippen LogP contribution in [0.25, 0.3) is 0 Å². The number of hydrogen-bond donors (Lipinski definition) is 0. The summed E-state index contributed by atoms with van der Waals surface area (Å²) in [6.45, 7) is 5.11. The van der Waals surface area contributed by atoms with Crippen LogP contribution < -0.4 is 10.2 Å². The van der Waals surface area contributed by atoms with Crippen LogP contribution in [0.4, 0.5) is 0 Å². The van der Waals surface area contributed by atoms with Gasteiger partial charge in [0, 0.05) is 11.9 Å². The third-order valence-electron chi connectivity index (χ3n) is 11.3. The second-order valence-electron chi connectivity index (χ2n) is 17.4. The fourth-order valence-electron chi connectivity index (χ4n) is 7.73. The van der Waals surface area contributed by atoms with Crippen LogP contribution in [-0.2, 0) is 51.3 Å². The SMILES string of the molecule is CCCC(CCCCCCCCCCCCCC(=O)[O-])OC(=O)COCc1ccccc1.CCCC(CCCCCCCCCCCCCC(=O)[O-])OC(=O)COCc1ccccc1.[Ba+2]. The van der Waals surface area contributed by atoms with Gasteiger partial charge in [-0.15, -0.1) is 0 Å². The molecule has 0 aliphatic heterocycles. The summed E-state index contributed by atoms with van der Waals surface area (Å²) in [6.07, 6.45) is 31.4. The van der Waals surface area contributed by atoms with Gasteiger partial charge in [-0.3, -0.25) is 0 Å². The number of hydrogen-bond acceptors (Lipinski definition) is 10. The minimum atomic E-state index is -0.933. The Morgan fingerprint density at radius 3 is 0.969 bits per heavy atom. The number of carboxylic acids is 2. The molecule has 0 aliphatic carbocycles. The first-order valence-corrected chi connectivity index (χ1v) is 25.2. The zero-order valence-electron chi connectivity index (χ0n) is 40.8. The molecule has 11 heteroatoms. The van der Waals surface area contributed by atoms with Crippen LogP contribution in [0.3, 0.4) is 0 Å². The van der Waals surface area contributed by atoms with Crippen LogP contribution in [0.5, 0.6) is 0 Å². The van der Waals surface area contributed by atoms with Gasteiger partial charge in [0.25, 0.3) is 0 Å². The van der Waals surface area contributed by atoms with E-state index in [0.717, 1.165) is 101 Å². The molecule has 0 N–H and O–H groups in total. The van der Waals surface area contributed by atoms with Crippen molar-refractivity contribution in [2.75, 3.05) is 13.2 Å². The van der Waals surface area contributed by atoms with Crippen molar-refractivity contribution in [1.82, 2.24) is 0 Å². The summed E-state index contributed by atoms with van der Waals surface area (Å²) in [5.74, 6) is -2.40. The fourth-order valence-corrected chi connectivity index (χ4v) is 7.73. The minimum Gasteiger partial charge on any atom is -0.550 e. The molecule has 0 spiro atoms. The van der Waals surface area contributed by atoms with Crippen LogP contribution in [-0.4, -0.2) is 98.2 Å². The summed E-state index contributed by atoms with van der Waals surface area (Å²) in [6, 6.07) is 19.7. The van der Waals surface area contributed by atoms with Crippen molar-refractivity contribution in [3.63, 3.8) is 0 Å². The second kappa shape index (κ2) is 46.9. The van der Waals surface area contributed by atoms with Gasteiger partial charge in [0.1, 0.15) is 25.4 Å². The van der Waals surface area contributed by atoms with Crippen molar-refractivity contribution >= 4 is 72.8 Å². The molecule has 0 fully saturated rings. The van der Waals surface area contributed by atoms with E-state index in [4.69, 9.17) is 18.9 Å². The van der Waals surface area contributed by atoms with Gasteiger partial charge in [-0.2, -0.15) is 0 Å². The van der Waals surface area contributed by atoms with E-state index in [0.29, 0.717) is 13.2 Å². The topological polar surface area (TPSA) is 151 Å². The first-order chi connectivity index (χ1) is 31.2. The Morgan fingerprint density at radius 2 is 0.692 bits per heavy atom. The molecule has 0 aliphatic rings. The predicted octanol–water partition coefficient (Wildman–Crippen LogP) is 11.1. The van der Waals surface area contributed by atoms with Gasteiger partial charge in [-0.25, -0.2) is 9.59 Å². The van der Waals surface area contributed by atoms with Crippen LogP contribution in [0.1, 0.15) is 218 Å². The number of carbonyl (C=O) groups excluding carboxylic acids is 4. The van der Waals surface area contributed by atoms with Gasteiger partial charge in [0.2, 0.25) is 0 Å². The van der Waals surface area contributed by atoms with Gasteiger partial charge in [0.15, 0.2) is 0 Å². The number of ether oxygens (including phenoxy) is 4. The van der Waals surface area contributed by atoms with Gasteiger partial charge in [-0.1, -0.05) is 203 Å². The second-order valence-corrected chi connectivity index (χ2v) is 17.4. The number of carbonyl (C=O) groups is 4. The third kappa shape index (κ3) is 42.9. The molecule has 2 aromatic rings. The van der Waals surface area contributed by atoms with Gasteiger partial charge >= 0.3 is 60.8 Å². The molecule has 0 bridgehead atoms. The molecule has 364 valence electrons. The van der Waals surface area contributed by atoms with Crippen LogP contribution in [0, 0.1) is 0 Å². The van der Waals surface area contributed by atoms with Crippen molar-refractivity contribution in [2.24, 2.45) is 0 Å². The zero-order chi connectivity index (χ0) is 46.6. The summed E-state index contributed by atoms with van der Waals surface area (Å²) in [4.78, 5) is 44.9. The van der Waals surface area contributed by atoms with E-state index < -0.39 is 11.9 Å². The Balaban J connectivity index is 0.00000124. The van der Waals surface area contributed by atoms with E-state index in [-0.39, 0.29) is 99.1 Å². The molecule has 0 aromatic heterocycles. The van der Waals surface area contributed by atoms with Gasteiger partial charge in [-0.05, 0) is 75.3 Å². The van der Waals surface area contributed by atoms with E-state index >= 15 is 0 Å². The number of rotatable bonds is 42. The minimum absolute atomic E-state index is 0. The maximum absolute atomic E-state index is 12.1. The Bertz CT molecular complexity index is 1290. The van der Waals surface area contributed by atoms with Crippen molar-refractivity contribution in [1.29, 1.82) is 0 Å². The summed E-state index contributed by atoms with van der Waals surface area (Å²) in [5.41, 5.74) is 2.11. The standard InChI is InChI=1S/2C27H44O5.Ba/c2*1-2-17-25(32-27(30)23-31-22-24-18-13-12-14-19-24)20-15-10-8-6-4-3-5-7-9-11-16-21-26(28)29;/h2*12-14,18-19,25H,2-11,15-17,20-23H2,1H3,(H,28,29);/q;;+2/p-2. The molecule has 10 nitrogen and oxygen atoms in total. The number of unbranched alkanes of at least 4 members (excludes halogenated alkanes) is 20. The zero-order valence-corrected chi connectivity index (χ0v) is 45.2. The Hall–Kier alpha value is -2.19. The van der Waals surface area contributed by atoms with E-state index in [1.54, 1.807) is 0 Å². The average molecular weight is 1030 g/mol. The smallest absolute Gasteiger partial charge is 0.550 e. The molecule has 0 heterocycles. The molecular formula is C54H86BaO10. The summed E-state index contributed by atoms with van der Waals surface area (Å²) in [7, 11) is 0. The molecule has 0 amide bonds. The monoisotopic (exact) mass is 1030 g/mol. The van der Waals surface area contributed by atoms with Crippen LogP contribution >= 0.6 is 0 Å². The molecule has 2 aromatic carbocycles. The maximum atomic E-state index is 12.1. The molecule has 65 heavy (non-hydrogen) atoms. The quantitative estimate of drug-likeness (QED) is 0.0357. The van der Waals surface area contributed by atoms with E-state index in [2.05, 4.69) is 13.8 Å². The van der Waals surface area contributed by atoms with Crippen LogP contribution in [0.2, 0.25) is 0 Å². The summed E-state index contributed by atoms with van der Waals surface area (Å²) < 4.78 is 22.3. The van der Waals surface area contributed by atoms with Gasteiger partial charge in [0.05, 0.1) is 13.2 Å². The number of carboxylic acid groups (broad SMARTS) is 2. The van der Waals surface area contributed by atoms with Crippen molar-refractivity contribution < 1.29 is 48.3 Å². The van der Waals surface area contributed by atoms with E-state index in [9.17, 15) is 29.4 Å². The molecule has 2 unspecified atom stereocenters. The molecule has 2 atom stereocenters. The molecule has 0 saturated heterocycles. The molecular weight excluding hydrogens is 946 g/mol.